The van der Waals surface area contributed by atoms with Gasteiger partial charge in [-0.15, -0.1) is 23.1 Å². The van der Waals surface area contributed by atoms with Gasteiger partial charge in [0.2, 0.25) is 10.0 Å². The molecule has 2 aromatic heterocycles. The van der Waals surface area contributed by atoms with E-state index in [-0.39, 0.29) is 18.5 Å². The number of thiophene rings is 1. The number of benzene rings is 2. The normalized spacial score (nSPS) is 11.7. The minimum Gasteiger partial charge on any atom is -0.494 e. The first-order chi connectivity index (χ1) is 19.5. The number of sulfonamides is 1. The van der Waals surface area contributed by atoms with Gasteiger partial charge in [-0.2, -0.15) is 0 Å². The number of hydrogen-bond donors (Lipinski definition) is 2. The molecule has 4 aromatic rings. The second-order valence-corrected chi connectivity index (χ2v) is 13.1. The molecule has 2 heterocycles. The van der Waals surface area contributed by atoms with E-state index < -0.39 is 33.8 Å². The molecule has 0 aliphatic rings. The summed E-state index contributed by atoms with van der Waals surface area (Å²) >= 11 is 2.69. The summed E-state index contributed by atoms with van der Waals surface area (Å²) in [6.07, 6.45) is 4.84. The quantitative estimate of drug-likeness (QED) is 0.170. The molecule has 0 aliphatic heterocycles. The van der Waals surface area contributed by atoms with Crippen LogP contribution in [0.4, 0.5) is 0 Å². The second-order valence-electron chi connectivity index (χ2n) is 9.38. The summed E-state index contributed by atoms with van der Waals surface area (Å²) in [5, 5.41) is 9.61. The zero-order chi connectivity index (χ0) is 29.7. The Labute approximate surface area is 245 Å². The Kier molecular flexibility index (Phi) is 9.74. The molecule has 10 nitrogen and oxygen atoms in total. The van der Waals surface area contributed by atoms with Crippen molar-refractivity contribution in [2.24, 2.45) is 0 Å². The summed E-state index contributed by atoms with van der Waals surface area (Å²) in [5.41, 5.74) is 0.353. The third kappa shape index (κ3) is 7.10. The highest BCUT2D eigenvalue weighted by molar-refractivity contribution is 7.98. The molecule has 0 spiro atoms. The number of carboxylic acid groups (broad SMARTS) is 1. The van der Waals surface area contributed by atoms with Crippen LogP contribution in [0.5, 0.6) is 5.75 Å². The number of carboxylic acids is 1. The highest BCUT2D eigenvalue weighted by atomic mass is 32.2. The van der Waals surface area contributed by atoms with Crippen molar-refractivity contribution in [3.05, 3.63) is 80.5 Å². The molecule has 4 rings (SSSR count). The molecule has 2 N–H and O–H groups in total. The van der Waals surface area contributed by atoms with Crippen molar-refractivity contribution >= 4 is 49.3 Å². The van der Waals surface area contributed by atoms with E-state index in [1.807, 2.05) is 42.7 Å². The Balaban J connectivity index is 1.99. The maximum absolute atomic E-state index is 13.7. The summed E-state index contributed by atoms with van der Waals surface area (Å²) in [7, 11) is -3.64. The largest absolute Gasteiger partial charge is 0.494 e. The predicted octanol–water partition coefficient (Wildman–Crippen LogP) is 3.97. The topological polar surface area (TPSA) is 137 Å². The van der Waals surface area contributed by atoms with Gasteiger partial charge >= 0.3 is 11.7 Å². The lowest BCUT2D eigenvalue weighted by atomic mass is 10.1. The lowest BCUT2D eigenvalue weighted by Crippen LogP contribution is -2.41. The molecule has 0 unspecified atom stereocenters. The standard InChI is InChI=1S/C28H31N3O7S3/c1-4-5-14-38-20-12-10-18(11-13-20)25-21(15-29-41(3,36)37)24-26(34)30(17-23(32)33)28(35)31(27(24)40-25)16-19-8-6-7-9-22(19)39-2/h6-13,29H,4-5,14-17H2,1-3H3,(H,32,33). The van der Waals surface area contributed by atoms with Crippen LogP contribution in [0.15, 0.2) is 63.0 Å². The van der Waals surface area contributed by atoms with E-state index >= 15 is 0 Å². The van der Waals surface area contributed by atoms with Crippen molar-refractivity contribution < 1.29 is 23.1 Å². The summed E-state index contributed by atoms with van der Waals surface area (Å²) < 4.78 is 34.5. The number of nitrogens with zero attached hydrogens (tertiary/aromatic N) is 2. The fourth-order valence-corrected chi connectivity index (χ4v) is 6.70. The van der Waals surface area contributed by atoms with Gasteiger partial charge in [-0.05, 0) is 54.1 Å². The van der Waals surface area contributed by atoms with Crippen LogP contribution in [0.25, 0.3) is 20.7 Å². The van der Waals surface area contributed by atoms with Crippen LogP contribution in [0.2, 0.25) is 0 Å². The van der Waals surface area contributed by atoms with Crippen LogP contribution in [-0.4, -0.2) is 47.7 Å². The first kappa shape index (κ1) is 30.6. The molecular weight excluding hydrogens is 587 g/mol. The van der Waals surface area contributed by atoms with E-state index in [1.54, 1.807) is 12.1 Å². The third-order valence-corrected chi connectivity index (χ3v) is 9.17. The fourth-order valence-electron chi connectivity index (χ4n) is 4.38. The van der Waals surface area contributed by atoms with Crippen molar-refractivity contribution in [3.8, 4) is 16.2 Å². The smallest absolute Gasteiger partial charge is 0.332 e. The number of carbonyl (C=O) groups is 1. The van der Waals surface area contributed by atoms with Crippen molar-refractivity contribution in [1.29, 1.82) is 0 Å². The van der Waals surface area contributed by atoms with E-state index in [2.05, 4.69) is 11.6 Å². The fraction of sp³-hybridized carbons (Fsp3) is 0.321. The first-order valence-corrected chi connectivity index (χ1v) is 16.8. The van der Waals surface area contributed by atoms with Gasteiger partial charge in [0, 0.05) is 21.9 Å². The van der Waals surface area contributed by atoms with Crippen LogP contribution in [0, 0.1) is 0 Å². The number of nitrogens with one attached hydrogen (secondary N) is 1. The lowest BCUT2D eigenvalue weighted by molar-refractivity contribution is -0.137. The summed E-state index contributed by atoms with van der Waals surface area (Å²) in [5.74, 6) is -0.668. The van der Waals surface area contributed by atoms with Crippen LogP contribution >= 0.6 is 23.1 Å². The molecule has 2 aromatic carbocycles. The Bertz CT molecular complexity index is 1790. The molecule has 218 valence electrons. The monoisotopic (exact) mass is 617 g/mol. The minimum atomic E-state index is -3.64. The highest BCUT2D eigenvalue weighted by Crippen LogP contribution is 2.38. The van der Waals surface area contributed by atoms with Gasteiger partial charge in [-0.3, -0.25) is 14.2 Å². The van der Waals surface area contributed by atoms with E-state index in [4.69, 9.17) is 4.74 Å². The van der Waals surface area contributed by atoms with Crippen molar-refractivity contribution in [2.45, 2.75) is 44.3 Å². The van der Waals surface area contributed by atoms with Gasteiger partial charge in [0.05, 0.1) is 24.8 Å². The van der Waals surface area contributed by atoms with Gasteiger partial charge in [-0.25, -0.2) is 22.5 Å². The molecule has 0 aliphatic carbocycles. The SMILES string of the molecule is CCCCOc1ccc(-c2sc3c(c2CNS(C)(=O)=O)c(=O)n(CC(=O)O)c(=O)n3Cc2ccccc2SC)cc1. The van der Waals surface area contributed by atoms with Crippen LogP contribution < -0.4 is 20.7 Å². The predicted molar refractivity (Wildman–Crippen MR) is 163 cm³/mol. The average molecular weight is 618 g/mol. The van der Waals surface area contributed by atoms with E-state index in [9.17, 15) is 27.9 Å². The lowest BCUT2D eigenvalue weighted by Gasteiger charge is -2.13. The van der Waals surface area contributed by atoms with Crippen molar-refractivity contribution in [3.63, 3.8) is 0 Å². The Morgan fingerprint density at radius 1 is 1.10 bits per heavy atom. The Morgan fingerprint density at radius 2 is 1.80 bits per heavy atom. The molecule has 0 saturated heterocycles. The molecule has 0 saturated carbocycles. The van der Waals surface area contributed by atoms with Gasteiger partial charge in [0.1, 0.15) is 17.1 Å². The zero-order valence-corrected chi connectivity index (χ0v) is 25.3. The van der Waals surface area contributed by atoms with Crippen molar-refractivity contribution in [1.82, 2.24) is 13.9 Å². The maximum atomic E-state index is 13.7. The number of fused-ring (bicyclic) bond motifs is 1. The highest BCUT2D eigenvalue weighted by Gasteiger charge is 2.25. The Morgan fingerprint density at radius 3 is 2.44 bits per heavy atom. The molecule has 0 bridgehead atoms. The number of aliphatic carboxylic acids is 1. The summed E-state index contributed by atoms with van der Waals surface area (Å²) in [6, 6.07) is 14.7. The Hall–Kier alpha value is -3.39. The molecule has 0 fully saturated rings. The van der Waals surface area contributed by atoms with E-state index in [1.165, 1.54) is 27.7 Å². The second kappa shape index (κ2) is 13.1. The molecular formula is C28H31N3O7S3. The van der Waals surface area contributed by atoms with Crippen LogP contribution in [0.3, 0.4) is 0 Å². The number of rotatable bonds is 13. The number of thioether (sulfide) groups is 1. The number of unbranched alkanes of at least 4 members (excludes halogenated alkanes) is 1. The van der Waals surface area contributed by atoms with Crippen molar-refractivity contribution in [2.75, 3.05) is 19.1 Å². The number of hydrogen-bond acceptors (Lipinski definition) is 8. The van der Waals surface area contributed by atoms with E-state index in [0.29, 0.717) is 37.8 Å². The number of aromatic nitrogens is 2. The van der Waals surface area contributed by atoms with Gasteiger partial charge in [-0.1, -0.05) is 31.5 Å². The molecule has 0 radical (unpaired) electrons. The number of ether oxygens (including phenoxy) is 1. The molecule has 0 atom stereocenters. The molecule has 0 amide bonds. The molecule has 13 heteroatoms. The first-order valence-electron chi connectivity index (χ1n) is 12.8. The van der Waals surface area contributed by atoms with Gasteiger partial charge in [0.15, 0.2) is 0 Å². The van der Waals surface area contributed by atoms with Gasteiger partial charge in [0.25, 0.3) is 5.56 Å². The summed E-state index contributed by atoms with van der Waals surface area (Å²) in [6.45, 7) is 1.70. The zero-order valence-electron chi connectivity index (χ0n) is 22.9. The van der Waals surface area contributed by atoms with Crippen LogP contribution in [-0.2, 0) is 34.5 Å². The van der Waals surface area contributed by atoms with Gasteiger partial charge < -0.3 is 9.84 Å². The summed E-state index contributed by atoms with van der Waals surface area (Å²) in [4.78, 5) is 40.8. The maximum Gasteiger partial charge on any atom is 0.332 e. The third-order valence-electron chi connectivity index (χ3n) is 6.36. The van der Waals surface area contributed by atoms with Crippen LogP contribution in [0.1, 0.15) is 30.9 Å². The average Bonchev–Trinajstić information content (AvgIpc) is 3.32. The minimum absolute atomic E-state index is 0.0926. The molecule has 41 heavy (non-hydrogen) atoms. The van der Waals surface area contributed by atoms with E-state index in [0.717, 1.165) is 29.6 Å².